The molecule has 1 aliphatic rings. The fourth-order valence-corrected chi connectivity index (χ4v) is 2.19. The van der Waals surface area contributed by atoms with Gasteiger partial charge in [0.05, 0.1) is 0 Å². The van der Waals surface area contributed by atoms with E-state index in [4.69, 9.17) is 0 Å². The van der Waals surface area contributed by atoms with Crippen molar-refractivity contribution in [2.24, 2.45) is 0 Å². The molecule has 0 fully saturated rings. The van der Waals surface area contributed by atoms with Gasteiger partial charge in [-0.05, 0) is 41.0 Å². The van der Waals surface area contributed by atoms with Crippen molar-refractivity contribution in [3.8, 4) is 11.5 Å². The minimum absolute atomic E-state index is 0.282. The molecular formula is C13H10O2. The molecule has 74 valence electrons. The summed E-state index contributed by atoms with van der Waals surface area (Å²) < 4.78 is 0. The second-order valence-corrected chi connectivity index (χ2v) is 3.81. The Morgan fingerprint density at radius 3 is 2.80 bits per heavy atom. The van der Waals surface area contributed by atoms with Crippen molar-refractivity contribution in [2.45, 2.75) is 6.42 Å². The van der Waals surface area contributed by atoms with Crippen LogP contribution in [-0.2, 0) is 6.42 Å². The average Bonchev–Trinajstić information content (AvgIpc) is 2.23. The van der Waals surface area contributed by atoms with Crippen molar-refractivity contribution in [1.82, 2.24) is 0 Å². The lowest BCUT2D eigenvalue weighted by molar-refractivity contribution is 0.472. The standard InChI is InChI=1S/C13H10O2/c14-10-6-8-2-1-3-11-12(15)5-4-9(7-10)13(8)11/h1,3-7,14-15H,2H2. The van der Waals surface area contributed by atoms with Gasteiger partial charge in [-0.25, -0.2) is 0 Å². The molecule has 0 radical (unpaired) electrons. The first kappa shape index (κ1) is 8.36. The molecule has 2 aromatic carbocycles. The van der Waals surface area contributed by atoms with Crippen molar-refractivity contribution >= 4 is 16.8 Å². The number of hydrogen-bond donors (Lipinski definition) is 2. The second-order valence-electron chi connectivity index (χ2n) is 3.81. The minimum Gasteiger partial charge on any atom is -0.508 e. The Morgan fingerprint density at radius 1 is 1.07 bits per heavy atom. The molecule has 0 atom stereocenters. The molecular weight excluding hydrogens is 188 g/mol. The molecule has 0 aromatic heterocycles. The molecule has 2 nitrogen and oxygen atoms in total. The Morgan fingerprint density at radius 2 is 1.93 bits per heavy atom. The normalized spacial score (nSPS) is 13.3. The smallest absolute Gasteiger partial charge is 0.123 e. The quantitative estimate of drug-likeness (QED) is 0.683. The van der Waals surface area contributed by atoms with Gasteiger partial charge in [-0.1, -0.05) is 18.2 Å². The molecule has 0 spiro atoms. The van der Waals surface area contributed by atoms with E-state index in [9.17, 15) is 10.2 Å². The highest BCUT2D eigenvalue weighted by atomic mass is 16.3. The molecule has 0 aliphatic heterocycles. The van der Waals surface area contributed by atoms with Crippen LogP contribution in [-0.4, -0.2) is 10.2 Å². The molecule has 0 saturated heterocycles. The third-order valence-electron chi connectivity index (χ3n) is 2.82. The van der Waals surface area contributed by atoms with Gasteiger partial charge in [0.2, 0.25) is 0 Å². The van der Waals surface area contributed by atoms with Gasteiger partial charge in [-0.2, -0.15) is 0 Å². The van der Waals surface area contributed by atoms with Gasteiger partial charge in [0.15, 0.2) is 0 Å². The van der Waals surface area contributed by atoms with Gasteiger partial charge in [0.25, 0.3) is 0 Å². The van der Waals surface area contributed by atoms with E-state index in [2.05, 4.69) is 0 Å². The second kappa shape index (κ2) is 2.76. The van der Waals surface area contributed by atoms with E-state index >= 15 is 0 Å². The van der Waals surface area contributed by atoms with Crippen LogP contribution in [0.4, 0.5) is 0 Å². The summed E-state index contributed by atoms with van der Waals surface area (Å²) in [5.74, 6) is 0.579. The van der Waals surface area contributed by atoms with Gasteiger partial charge >= 0.3 is 0 Å². The van der Waals surface area contributed by atoms with Gasteiger partial charge < -0.3 is 10.2 Å². The number of aromatic hydroxyl groups is 2. The summed E-state index contributed by atoms with van der Waals surface area (Å²) >= 11 is 0. The zero-order chi connectivity index (χ0) is 10.4. The highest BCUT2D eigenvalue weighted by Gasteiger charge is 2.12. The fourth-order valence-electron chi connectivity index (χ4n) is 2.19. The fraction of sp³-hybridized carbons (Fsp3) is 0.0769. The van der Waals surface area contributed by atoms with Gasteiger partial charge in [-0.15, -0.1) is 0 Å². The average molecular weight is 198 g/mol. The maximum absolute atomic E-state index is 9.72. The summed E-state index contributed by atoms with van der Waals surface area (Å²) in [4.78, 5) is 0. The molecule has 3 rings (SSSR count). The van der Waals surface area contributed by atoms with E-state index in [0.717, 1.165) is 28.3 Å². The number of allylic oxidation sites excluding steroid dienone is 1. The highest BCUT2D eigenvalue weighted by molar-refractivity contribution is 5.97. The molecule has 0 unspecified atom stereocenters. The van der Waals surface area contributed by atoms with E-state index in [-0.39, 0.29) is 5.75 Å². The topological polar surface area (TPSA) is 40.5 Å². The minimum atomic E-state index is 0.282. The number of rotatable bonds is 0. The van der Waals surface area contributed by atoms with Crippen LogP contribution < -0.4 is 0 Å². The third kappa shape index (κ3) is 1.11. The van der Waals surface area contributed by atoms with Crippen LogP contribution in [0.3, 0.4) is 0 Å². The predicted octanol–water partition coefficient (Wildman–Crippen LogP) is 2.82. The summed E-state index contributed by atoms with van der Waals surface area (Å²) in [5.41, 5.74) is 1.92. The van der Waals surface area contributed by atoms with Crippen LogP contribution in [0.15, 0.2) is 30.3 Å². The summed E-state index contributed by atoms with van der Waals surface area (Å²) in [5, 5.41) is 21.3. The molecule has 15 heavy (non-hydrogen) atoms. The number of phenolic OH excluding ortho intramolecular Hbond substituents is 2. The maximum Gasteiger partial charge on any atom is 0.123 e. The summed E-state index contributed by atoms with van der Waals surface area (Å²) in [7, 11) is 0. The number of phenols is 2. The zero-order valence-electron chi connectivity index (χ0n) is 8.07. The van der Waals surface area contributed by atoms with E-state index in [1.807, 2.05) is 18.2 Å². The molecule has 0 heterocycles. The first-order valence-electron chi connectivity index (χ1n) is 4.90. The lowest BCUT2D eigenvalue weighted by Gasteiger charge is -2.14. The SMILES string of the molecule is Oc1cc2c3c(c(O)ccc3c1)C=CC2. The van der Waals surface area contributed by atoms with Crippen LogP contribution in [0.2, 0.25) is 0 Å². The maximum atomic E-state index is 9.72. The molecule has 2 heteroatoms. The first-order valence-corrected chi connectivity index (χ1v) is 4.90. The van der Waals surface area contributed by atoms with Crippen LogP contribution in [0.25, 0.3) is 16.8 Å². The molecule has 0 bridgehead atoms. The lowest BCUT2D eigenvalue weighted by atomic mass is 9.92. The molecule has 2 N–H and O–H groups in total. The molecule has 0 amide bonds. The predicted molar refractivity (Wildman–Crippen MR) is 60.0 cm³/mol. The Hall–Kier alpha value is -1.96. The van der Waals surface area contributed by atoms with Gasteiger partial charge in [0.1, 0.15) is 11.5 Å². The highest BCUT2D eigenvalue weighted by Crippen LogP contribution is 2.36. The summed E-state index contributed by atoms with van der Waals surface area (Å²) in [6.07, 6.45) is 4.74. The first-order chi connectivity index (χ1) is 7.25. The van der Waals surface area contributed by atoms with E-state index in [0.29, 0.717) is 5.75 Å². The van der Waals surface area contributed by atoms with Crippen molar-refractivity contribution in [3.63, 3.8) is 0 Å². The van der Waals surface area contributed by atoms with Crippen LogP contribution in [0, 0.1) is 0 Å². The molecule has 0 saturated carbocycles. The van der Waals surface area contributed by atoms with E-state index in [1.54, 1.807) is 18.2 Å². The Balaban J connectivity index is 2.54. The zero-order valence-corrected chi connectivity index (χ0v) is 8.07. The summed E-state index contributed by atoms with van der Waals surface area (Å²) in [6.45, 7) is 0. The molecule has 1 aliphatic carbocycles. The lowest BCUT2D eigenvalue weighted by Crippen LogP contribution is -1.93. The number of hydrogen-bond acceptors (Lipinski definition) is 2. The Bertz CT molecular complexity index is 583. The van der Waals surface area contributed by atoms with Crippen molar-refractivity contribution in [2.75, 3.05) is 0 Å². The van der Waals surface area contributed by atoms with Gasteiger partial charge in [0, 0.05) is 5.56 Å². The molecule has 2 aromatic rings. The van der Waals surface area contributed by atoms with Crippen LogP contribution >= 0.6 is 0 Å². The van der Waals surface area contributed by atoms with Crippen LogP contribution in [0.1, 0.15) is 11.1 Å². The summed E-state index contributed by atoms with van der Waals surface area (Å²) in [6, 6.07) is 6.98. The Labute approximate surface area is 87.1 Å². The Kier molecular flexibility index (Phi) is 1.54. The van der Waals surface area contributed by atoms with Crippen molar-refractivity contribution in [1.29, 1.82) is 0 Å². The number of benzene rings is 2. The van der Waals surface area contributed by atoms with Gasteiger partial charge in [-0.3, -0.25) is 0 Å². The van der Waals surface area contributed by atoms with E-state index < -0.39 is 0 Å². The van der Waals surface area contributed by atoms with Crippen LogP contribution in [0.5, 0.6) is 11.5 Å². The largest absolute Gasteiger partial charge is 0.508 e. The monoisotopic (exact) mass is 198 g/mol. The van der Waals surface area contributed by atoms with Crippen molar-refractivity contribution < 1.29 is 10.2 Å². The third-order valence-corrected chi connectivity index (χ3v) is 2.82. The van der Waals surface area contributed by atoms with E-state index in [1.165, 1.54) is 0 Å². The van der Waals surface area contributed by atoms with Crippen molar-refractivity contribution in [3.05, 3.63) is 41.5 Å².